The third-order valence-electron chi connectivity index (χ3n) is 5.18. The number of benzene rings is 2. The van der Waals surface area contributed by atoms with Gasteiger partial charge in [0.25, 0.3) is 0 Å². The van der Waals surface area contributed by atoms with Crippen LogP contribution in [-0.2, 0) is 18.0 Å². The van der Waals surface area contributed by atoms with Gasteiger partial charge < -0.3 is 28.2 Å². The molecule has 1 aliphatic rings. The summed E-state index contributed by atoms with van der Waals surface area (Å²) in [6.45, 7) is 5.05. The lowest BCUT2D eigenvalue weighted by Gasteiger charge is -2.13. The second-order valence-corrected chi connectivity index (χ2v) is 7.90. The Kier molecular flexibility index (Phi) is 6.93. The van der Waals surface area contributed by atoms with Crippen molar-refractivity contribution in [3.63, 3.8) is 0 Å². The Morgan fingerprint density at radius 1 is 1.09 bits per heavy atom. The van der Waals surface area contributed by atoms with Crippen LogP contribution in [0.2, 0.25) is 5.02 Å². The molecule has 0 spiro atoms. The molecule has 174 valence electrons. The molecule has 1 aromatic heterocycles. The van der Waals surface area contributed by atoms with E-state index in [2.05, 4.69) is 5.16 Å². The molecule has 0 saturated carbocycles. The van der Waals surface area contributed by atoms with E-state index in [-0.39, 0.29) is 13.2 Å². The summed E-state index contributed by atoms with van der Waals surface area (Å²) in [6.07, 6.45) is 0.773. The first kappa shape index (κ1) is 22.8. The van der Waals surface area contributed by atoms with Crippen molar-refractivity contribution in [3.05, 3.63) is 63.5 Å². The minimum Gasteiger partial charge on any atom is -0.493 e. The predicted octanol–water partition coefficient (Wildman–Crippen LogP) is 5.05. The topological polar surface area (TPSA) is 89.3 Å². The molecule has 0 fully saturated rings. The summed E-state index contributed by atoms with van der Waals surface area (Å²) in [7, 11) is 1.51. The molecule has 2 heterocycles. The highest BCUT2D eigenvalue weighted by molar-refractivity contribution is 6.32. The molecule has 0 bridgehead atoms. The van der Waals surface area contributed by atoms with Crippen LogP contribution in [0.25, 0.3) is 0 Å². The van der Waals surface area contributed by atoms with Crippen LogP contribution in [-0.4, -0.2) is 31.4 Å². The van der Waals surface area contributed by atoms with Gasteiger partial charge in [0.15, 0.2) is 23.0 Å². The second kappa shape index (κ2) is 10.0. The molecule has 0 N–H and O–H groups in total. The number of hydrogen-bond acceptors (Lipinski definition) is 8. The van der Waals surface area contributed by atoms with E-state index in [0.717, 1.165) is 17.7 Å². The highest BCUT2D eigenvalue weighted by atomic mass is 35.5. The van der Waals surface area contributed by atoms with Crippen molar-refractivity contribution >= 4 is 17.6 Å². The number of carbonyl (C=O) groups excluding carboxylic acids is 1. The monoisotopic (exact) mass is 473 g/mol. The number of methoxy groups -OCH3 is 1. The maximum atomic E-state index is 12.6. The molecule has 4 rings (SSSR count). The van der Waals surface area contributed by atoms with Gasteiger partial charge in [-0.3, -0.25) is 0 Å². The molecule has 0 atom stereocenters. The van der Waals surface area contributed by atoms with Crippen LogP contribution < -0.4 is 18.9 Å². The minimum atomic E-state index is -0.506. The third kappa shape index (κ3) is 5.17. The van der Waals surface area contributed by atoms with Gasteiger partial charge in [0.2, 0.25) is 0 Å². The van der Waals surface area contributed by atoms with Crippen molar-refractivity contribution in [3.8, 4) is 23.0 Å². The zero-order valence-corrected chi connectivity index (χ0v) is 19.4. The molecule has 8 nitrogen and oxygen atoms in total. The molecule has 0 unspecified atom stereocenters. The molecule has 0 aliphatic carbocycles. The van der Waals surface area contributed by atoms with Gasteiger partial charge in [-0.2, -0.15) is 0 Å². The lowest BCUT2D eigenvalue weighted by Crippen LogP contribution is -2.07. The molecule has 1 aliphatic heterocycles. The molecule has 9 heteroatoms. The first-order valence-electron chi connectivity index (χ1n) is 10.4. The molecule has 0 amide bonds. The first-order chi connectivity index (χ1) is 16.0. The van der Waals surface area contributed by atoms with Crippen LogP contribution in [0.3, 0.4) is 0 Å². The lowest BCUT2D eigenvalue weighted by atomic mass is 10.2. The highest BCUT2D eigenvalue weighted by Gasteiger charge is 2.18. The van der Waals surface area contributed by atoms with E-state index in [1.54, 1.807) is 30.3 Å². The van der Waals surface area contributed by atoms with Crippen molar-refractivity contribution in [2.75, 3.05) is 20.3 Å². The van der Waals surface area contributed by atoms with Crippen LogP contribution in [0.15, 0.2) is 34.9 Å². The second-order valence-electron chi connectivity index (χ2n) is 7.49. The van der Waals surface area contributed by atoms with Crippen molar-refractivity contribution in [2.45, 2.75) is 33.5 Å². The molecule has 33 heavy (non-hydrogen) atoms. The average Bonchev–Trinajstić information content (AvgIpc) is 2.99. The Morgan fingerprint density at radius 3 is 2.67 bits per heavy atom. The van der Waals surface area contributed by atoms with Gasteiger partial charge in [0, 0.05) is 6.42 Å². The maximum absolute atomic E-state index is 12.6. The maximum Gasteiger partial charge on any atom is 0.338 e. The van der Waals surface area contributed by atoms with Crippen LogP contribution in [0.4, 0.5) is 0 Å². The third-order valence-corrected chi connectivity index (χ3v) is 5.47. The molecule has 0 saturated heterocycles. The van der Waals surface area contributed by atoms with Crippen molar-refractivity contribution in [1.29, 1.82) is 0 Å². The predicted molar refractivity (Wildman–Crippen MR) is 119 cm³/mol. The number of rotatable bonds is 7. The van der Waals surface area contributed by atoms with Gasteiger partial charge in [0.05, 0.1) is 42.2 Å². The van der Waals surface area contributed by atoms with Gasteiger partial charge >= 0.3 is 5.97 Å². The van der Waals surface area contributed by atoms with E-state index in [0.29, 0.717) is 58.1 Å². The number of aromatic nitrogens is 1. The molecule has 2 aromatic carbocycles. The zero-order chi connectivity index (χ0) is 23.4. The minimum absolute atomic E-state index is 0.0296. The fraction of sp³-hybridized carbons (Fsp3) is 0.333. The van der Waals surface area contributed by atoms with Crippen LogP contribution >= 0.6 is 11.6 Å². The summed E-state index contributed by atoms with van der Waals surface area (Å²) < 4.78 is 33.2. The molecule has 0 radical (unpaired) electrons. The van der Waals surface area contributed by atoms with Gasteiger partial charge in [0.1, 0.15) is 19.0 Å². The van der Waals surface area contributed by atoms with Crippen LogP contribution in [0, 0.1) is 13.8 Å². The Bertz CT molecular complexity index is 1140. The van der Waals surface area contributed by atoms with Crippen LogP contribution in [0.1, 0.15) is 39.4 Å². The number of halogens is 1. The van der Waals surface area contributed by atoms with E-state index in [1.165, 1.54) is 7.11 Å². The lowest BCUT2D eigenvalue weighted by molar-refractivity contribution is 0.0472. The normalized spacial score (nSPS) is 12.7. The number of fused-ring (bicyclic) bond motifs is 1. The number of aryl methyl sites for hydroxylation is 2. The zero-order valence-electron chi connectivity index (χ0n) is 18.6. The van der Waals surface area contributed by atoms with E-state index in [4.69, 9.17) is 39.8 Å². The number of hydrogen-bond donors (Lipinski definition) is 0. The average molecular weight is 474 g/mol. The summed E-state index contributed by atoms with van der Waals surface area (Å²) in [5.74, 6) is 2.16. The standard InChI is InChI=1S/C24H24ClNO7/c1-14-18(15(2)33-26-14)13-31-20-6-5-17(11-21(20)28-3)24(27)32-12-16-9-19(25)23-22(10-16)29-7-4-8-30-23/h5-6,9-11H,4,7-8,12-13H2,1-3H3. The first-order valence-corrected chi connectivity index (χ1v) is 10.8. The summed E-state index contributed by atoms with van der Waals surface area (Å²) >= 11 is 6.31. The van der Waals surface area contributed by atoms with E-state index >= 15 is 0 Å². The number of ether oxygens (including phenoxy) is 5. The van der Waals surface area contributed by atoms with Crippen molar-refractivity contribution < 1.29 is 33.0 Å². The fourth-order valence-electron chi connectivity index (χ4n) is 3.37. The van der Waals surface area contributed by atoms with E-state index < -0.39 is 5.97 Å². The summed E-state index contributed by atoms with van der Waals surface area (Å²) in [4.78, 5) is 12.6. The number of carbonyl (C=O) groups is 1. The molecular weight excluding hydrogens is 450 g/mol. The van der Waals surface area contributed by atoms with Crippen LogP contribution in [0.5, 0.6) is 23.0 Å². The number of esters is 1. The van der Waals surface area contributed by atoms with Crippen molar-refractivity contribution in [2.24, 2.45) is 0 Å². The van der Waals surface area contributed by atoms with E-state index in [1.807, 2.05) is 13.8 Å². The summed E-state index contributed by atoms with van der Waals surface area (Å²) in [5.41, 5.74) is 2.66. The Balaban J connectivity index is 1.42. The number of nitrogens with zero attached hydrogens (tertiary/aromatic N) is 1. The fourth-order valence-corrected chi connectivity index (χ4v) is 3.66. The molecular formula is C24H24ClNO7. The van der Waals surface area contributed by atoms with Gasteiger partial charge in [-0.25, -0.2) is 4.79 Å². The van der Waals surface area contributed by atoms with E-state index in [9.17, 15) is 4.79 Å². The summed E-state index contributed by atoms with van der Waals surface area (Å²) in [5, 5.41) is 4.34. The Morgan fingerprint density at radius 2 is 1.91 bits per heavy atom. The van der Waals surface area contributed by atoms with Gasteiger partial charge in [-0.05, 0) is 49.7 Å². The Hall–Kier alpha value is -3.39. The van der Waals surface area contributed by atoms with Gasteiger partial charge in [-0.15, -0.1) is 0 Å². The van der Waals surface area contributed by atoms with Crippen molar-refractivity contribution in [1.82, 2.24) is 5.16 Å². The highest BCUT2D eigenvalue weighted by Crippen LogP contribution is 2.38. The smallest absolute Gasteiger partial charge is 0.338 e. The van der Waals surface area contributed by atoms with Gasteiger partial charge in [-0.1, -0.05) is 16.8 Å². The molecule has 3 aromatic rings. The largest absolute Gasteiger partial charge is 0.493 e. The quantitative estimate of drug-likeness (QED) is 0.440. The SMILES string of the molecule is COc1cc(C(=O)OCc2cc(Cl)c3c(c2)OCCCO3)ccc1OCc1c(C)noc1C. The Labute approximate surface area is 196 Å². The summed E-state index contributed by atoms with van der Waals surface area (Å²) in [6, 6.07) is 8.33.